The maximum absolute atomic E-state index is 6.07. The summed E-state index contributed by atoms with van der Waals surface area (Å²) in [7, 11) is 2.15. The van der Waals surface area contributed by atoms with Crippen molar-refractivity contribution >= 4 is 11.3 Å². The summed E-state index contributed by atoms with van der Waals surface area (Å²) in [5, 5.41) is 3.26. The molecule has 1 heterocycles. The summed E-state index contributed by atoms with van der Waals surface area (Å²) in [5.74, 6) is 0. The molecule has 0 fully saturated rings. The Bertz CT molecular complexity index is 552. The molecule has 1 aromatic carbocycles. The first kappa shape index (κ1) is 16.1. The van der Waals surface area contributed by atoms with Crippen molar-refractivity contribution in [2.45, 2.75) is 38.8 Å². The van der Waals surface area contributed by atoms with Gasteiger partial charge in [0.1, 0.15) is 0 Å². The Hall–Kier alpha value is -1.23. The summed E-state index contributed by atoms with van der Waals surface area (Å²) in [6.45, 7) is 5.80. The highest BCUT2D eigenvalue weighted by molar-refractivity contribution is 7.09. The van der Waals surface area contributed by atoms with Crippen LogP contribution in [0.3, 0.4) is 0 Å². The number of benzene rings is 1. The lowest BCUT2D eigenvalue weighted by atomic mass is 9.91. The van der Waals surface area contributed by atoms with Gasteiger partial charge in [0.25, 0.3) is 0 Å². The van der Waals surface area contributed by atoms with Crippen molar-refractivity contribution in [1.29, 1.82) is 0 Å². The summed E-state index contributed by atoms with van der Waals surface area (Å²) in [6.07, 6.45) is 2.10. The fraction of sp³-hybridized carbons (Fsp3) is 0.471. The van der Waals surface area contributed by atoms with Crippen LogP contribution in [0.1, 0.15) is 29.6 Å². The fourth-order valence-corrected chi connectivity index (χ4v) is 3.03. The summed E-state index contributed by atoms with van der Waals surface area (Å²) in [6, 6.07) is 10.6. The SMILES string of the molecule is Cc1nc(CN(C)C(C)(CN)CCc2ccccc2)cs1. The molecule has 21 heavy (non-hydrogen) atoms. The van der Waals surface area contributed by atoms with E-state index in [9.17, 15) is 0 Å². The highest BCUT2D eigenvalue weighted by Gasteiger charge is 2.27. The molecule has 2 aromatic rings. The minimum Gasteiger partial charge on any atom is -0.329 e. The minimum absolute atomic E-state index is 0.00658. The highest BCUT2D eigenvalue weighted by Crippen LogP contribution is 2.22. The molecule has 0 saturated heterocycles. The lowest BCUT2D eigenvalue weighted by Crippen LogP contribution is -2.49. The lowest BCUT2D eigenvalue weighted by Gasteiger charge is -2.38. The van der Waals surface area contributed by atoms with Crippen LogP contribution in [0.25, 0.3) is 0 Å². The molecule has 0 aliphatic carbocycles. The van der Waals surface area contributed by atoms with E-state index in [0.29, 0.717) is 6.54 Å². The van der Waals surface area contributed by atoms with Gasteiger partial charge in [-0.3, -0.25) is 4.90 Å². The first-order chi connectivity index (χ1) is 10.0. The third-order valence-corrected chi connectivity index (χ3v) is 5.04. The van der Waals surface area contributed by atoms with E-state index in [2.05, 4.69) is 59.6 Å². The Morgan fingerprint density at radius 1 is 1.29 bits per heavy atom. The zero-order valence-electron chi connectivity index (χ0n) is 13.2. The summed E-state index contributed by atoms with van der Waals surface area (Å²) in [5.41, 5.74) is 8.57. The molecule has 0 radical (unpaired) electrons. The number of aryl methyl sites for hydroxylation is 2. The maximum Gasteiger partial charge on any atom is 0.0897 e. The largest absolute Gasteiger partial charge is 0.329 e. The Labute approximate surface area is 131 Å². The van der Waals surface area contributed by atoms with Crippen molar-refractivity contribution in [3.63, 3.8) is 0 Å². The molecular weight excluding hydrogens is 278 g/mol. The first-order valence-electron chi connectivity index (χ1n) is 7.40. The van der Waals surface area contributed by atoms with Gasteiger partial charge in [0, 0.05) is 24.0 Å². The van der Waals surface area contributed by atoms with Crippen LogP contribution in [0.5, 0.6) is 0 Å². The van der Waals surface area contributed by atoms with Crippen molar-refractivity contribution in [3.05, 3.63) is 52.0 Å². The molecule has 0 amide bonds. The number of nitrogens with two attached hydrogens (primary N) is 1. The molecule has 2 rings (SSSR count). The van der Waals surface area contributed by atoms with E-state index in [1.807, 2.05) is 6.92 Å². The number of thiazole rings is 1. The second-order valence-corrected chi connectivity index (χ2v) is 6.96. The van der Waals surface area contributed by atoms with Crippen molar-refractivity contribution in [1.82, 2.24) is 9.88 Å². The van der Waals surface area contributed by atoms with Crippen LogP contribution in [-0.2, 0) is 13.0 Å². The molecule has 2 N–H and O–H groups in total. The van der Waals surface area contributed by atoms with Crippen molar-refractivity contribution in [2.24, 2.45) is 5.73 Å². The number of likely N-dealkylation sites (N-methyl/N-ethyl adjacent to an activating group) is 1. The number of nitrogens with zero attached hydrogens (tertiary/aromatic N) is 2. The third-order valence-electron chi connectivity index (χ3n) is 4.22. The predicted molar refractivity (Wildman–Crippen MR) is 90.5 cm³/mol. The maximum atomic E-state index is 6.07. The molecule has 0 bridgehead atoms. The molecule has 1 aromatic heterocycles. The van der Waals surface area contributed by atoms with Crippen LogP contribution >= 0.6 is 11.3 Å². The summed E-state index contributed by atoms with van der Waals surface area (Å²) >= 11 is 1.71. The standard InChI is InChI=1S/C17H25N3S/c1-14-19-16(12-21-14)11-20(3)17(2,13-18)10-9-15-7-5-4-6-8-15/h4-8,12H,9-11,13,18H2,1-3H3. The average Bonchev–Trinajstić information content (AvgIpc) is 2.91. The number of hydrogen-bond acceptors (Lipinski definition) is 4. The zero-order chi connectivity index (χ0) is 15.3. The van der Waals surface area contributed by atoms with Gasteiger partial charge in [-0.15, -0.1) is 11.3 Å². The second-order valence-electron chi connectivity index (χ2n) is 5.90. The number of hydrogen-bond donors (Lipinski definition) is 1. The topological polar surface area (TPSA) is 42.2 Å². The fourth-order valence-electron chi connectivity index (χ4n) is 2.42. The van der Waals surface area contributed by atoms with Crippen molar-refractivity contribution < 1.29 is 0 Å². The number of aromatic nitrogens is 1. The average molecular weight is 303 g/mol. The van der Waals surface area contributed by atoms with E-state index in [4.69, 9.17) is 5.73 Å². The molecule has 114 valence electrons. The third kappa shape index (κ3) is 4.37. The Morgan fingerprint density at radius 3 is 2.57 bits per heavy atom. The molecule has 1 unspecified atom stereocenters. The zero-order valence-corrected chi connectivity index (χ0v) is 14.0. The van der Waals surface area contributed by atoms with Crippen LogP contribution in [0.15, 0.2) is 35.7 Å². The molecule has 1 atom stereocenters. The Morgan fingerprint density at radius 2 is 2.00 bits per heavy atom. The van der Waals surface area contributed by atoms with Crippen molar-refractivity contribution in [2.75, 3.05) is 13.6 Å². The van der Waals surface area contributed by atoms with Crippen LogP contribution in [0.2, 0.25) is 0 Å². The first-order valence-corrected chi connectivity index (χ1v) is 8.28. The van der Waals surface area contributed by atoms with Gasteiger partial charge in [0.15, 0.2) is 0 Å². The predicted octanol–water partition coefficient (Wildman–Crippen LogP) is 3.23. The van der Waals surface area contributed by atoms with E-state index in [0.717, 1.165) is 30.1 Å². The molecular formula is C17H25N3S. The molecule has 3 nitrogen and oxygen atoms in total. The van der Waals surface area contributed by atoms with Gasteiger partial charge < -0.3 is 5.73 Å². The Kier molecular flexibility index (Phi) is 5.51. The van der Waals surface area contributed by atoms with Gasteiger partial charge in [0.2, 0.25) is 0 Å². The van der Waals surface area contributed by atoms with Crippen LogP contribution in [0, 0.1) is 6.92 Å². The van der Waals surface area contributed by atoms with E-state index in [1.165, 1.54) is 5.56 Å². The minimum atomic E-state index is -0.00658. The van der Waals surface area contributed by atoms with E-state index >= 15 is 0 Å². The van der Waals surface area contributed by atoms with Gasteiger partial charge in [-0.2, -0.15) is 0 Å². The van der Waals surface area contributed by atoms with Gasteiger partial charge in [-0.05, 0) is 39.3 Å². The Balaban J connectivity index is 1.98. The highest BCUT2D eigenvalue weighted by atomic mass is 32.1. The van der Waals surface area contributed by atoms with E-state index in [-0.39, 0.29) is 5.54 Å². The second kappa shape index (κ2) is 7.16. The van der Waals surface area contributed by atoms with Gasteiger partial charge in [-0.25, -0.2) is 4.98 Å². The van der Waals surface area contributed by atoms with Crippen LogP contribution in [-0.4, -0.2) is 29.0 Å². The summed E-state index contributed by atoms with van der Waals surface area (Å²) < 4.78 is 0. The monoisotopic (exact) mass is 303 g/mol. The van der Waals surface area contributed by atoms with E-state index < -0.39 is 0 Å². The van der Waals surface area contributed by atoms with Crippen molar-refractivity contribution in [3.8, 4) is 0 Å². The van der Waals surface area contributed by atoms with Gasteiger partial charge >= 0.3 is 0 Å². The molecule has 4 heteroatoms. The lowest BCUT2D eigenvalue weighted by molar-refractivity contribution is 0.125. The summed E-state index contributed by atoms with van der Waals surface area (Å²) in [4.78, 5) is 6.89. The van der Waals surface area contributed by atoms with E-state index in [1.54, 1.807) is 11.3 Å². The van der Waals surface area contributed by atoms with Crippen LogP contribution in [0.4, 0.5) is 0 Å². The molecule has 0 saturated carbocycles. The van der Waals surface area contributed by atoms with Gasteiger partial charge in [-0.1, -0.05) is 30.3 Å². The van der Waals surface area contributed by atoms with Gasteiger partial charge in [0.05, 0.1) is 10.7 Å². The van der Waals surface area contributed by atoms with Crippen LogP contribution < -0.4 is 5.73 Å². The molecule has 0 aliphatic rings. The number of rotatable bonds is 7. The normalized spacial score (nSPS) is 14.3. The quantitative estimate of drug-likeness (QED) is 0.854. The molecule has 0 spiro atoms. The smallest absolute Gasteiger partial charge is 0.0897 e. The molecule has 0 aliphatic heterocycles.